The first-order valence-electron chi connectivity index (χ1n) is 10.0. The van der Waals surface area contributed by atoms with Gasteiger partial charge in [-0.25, -0.2) is 0 Å². The van der Waals surface area contributed by atoms with Crippen molar-refractivity contribution in [1.29, 1.82) is 0 Å². The minimum atomic E-state index is -0.0646. The summed E-state index contributed by atoms with van der Waals surface area (Å²) in [5, 5.41) is 3.44. The lowest BCUT2D eigenvalue weighted by atomic mass is 9.97. The zero-order valence-electron chi connectivity index (χ0n) is 16.9. The van der Waals surface area contributed by atoms with Gasteiger partial charge in [-0.3, -0.25) is 9.79 Å². The molecule has 1 aromatic rings. The number of nitrogens with one attached hydrogen (secondary N) is 1. The van der Waals surface area contributed by atoms with Crippen molar-refractivity contribution >= 4 is 11.9 Å². The van der Waals surface area contributed by atoms with E-state index in [2.05, 4.69) is 34.3 Å². The van der Waals surface area contributed by atoms with Crippen LogP contribution in [0.15, 0.2) is 29.3 Å². The second-order valence-electron chi connectivity index (χ2n) is 6.73. The van der Waals surface area contributed by atoms with Crippen molar-refractivity contribution in [3.63, 3.8) is 0 Å². The molecule has 0 bridgehead atoms. The van der Waals surface area contributed by atoms with E-state index < -0.39 is 0 Å². The average Bonchev–Trinajstić information content (AvgIpc) is 2.70. The highest BCUT2D eigenvalue weighted by Crippen LogP contribution is 2.19. The van der Waals surface area contributed by atoms with Crippen molar-refractivity contribution in [2.45, 2.75) is 39.5 Å². The molecule has 0 unspecified atom stereocenters. The first-order chi connectivity index (χ1) is 13.2. The molecule has 0 spiro atoms. The fraction of sp³-hybridized carbons (Fsp3) is 0.619. The Morgan fingerprint density at radius 2 is 2.07 bits per heavy atom. The fourth-order valence-corrected chi connectivity index (χ4v) is 3.25. The SMILES string of the molecule is CCCOc1cccc(CCNC(=NC)N2CCC(C(=O)OCC)CC2)c1. The molecule has 6 heteroatoms. The van der Waals surface area contributed by atoms with Gasteiger partial charge in [0.25, 0.3) is 0 Å². The Morgan fingerprint density at radius 3 is 2.74 bits per heavy atom. The van der Waals surface area contributed by atoms with Crippen LogP contribution in [0.2, 0.25) is 0 Å². The van der Waals surface area contributed by atoms with Crippen LogP contribution in [0.5, 0.6) is 5.75 Å². The monoisotopic (exact) mass is 375 g/mol. The number of carbonyl (C=O) groups is 1. The van der Waals surface area contributed by atoms with Gasteiger partial charge in [-0.2, -0.15) is 0 Å². The number of rotatable bonds is 8. The molecule has 0 radical (unpaired) electrons. The second kappa shape index (κ2) is 11.5. The summed E-state index contributed by atoms with van der Waals surface area (Å²) in [6, 6.07) is 8.26. The molecule has 0 saturated carbocycles. The Balaban J connectivity index is 1.77. The lowest BCUT2D eigenvalue weighted by Crippen LogP contribution is -2.47. The standard InChI is InChI=1S/C21H33N3O3/c1-4-15-27-19-8-6-7-17(16-19)9-12-23-21(22-3)24-13-10-18(11-14-24)20(25)26-5-2/h6-8,16,18H,4-5,9-15H2,1-3H3,(H,22,23). The lowest BCUT2D eigenvalue weighted by molar-refractivity contribution is -0.149. The third kappa shape index (κ3) is 6.77. The second-order valence-corrected chi connectivity index (χ2v) is 6.73. The summed E-state index contributed by atoms with van der Waals surface area (Å²) < 4.78 is 10.8. The Kier molecular flexibility index (Phi) is 8.95. The lowest BCUT2D eigenvalue weighted by Gasteiger charge is -2.33. The van der Waals surface area contributed by atoms with E-state index in [0.29, 0.717) is 6.61 Å². The molecule has 1 fully saturated rings. The van der Waals surface area contributed by atoms with Crippen LogP contribution in [0.25, 0.3) is 0 Å². The van der Waals surface area contributed by atoms with Crippen molar-refractivity contribution in [2.24, 2.45) is 10.9 Å². The Morgan fingerprint density at radius 1 is 1.30 bits per heavy atom. The number of ether oxygens (including phenoxy) is 2. The van der Waals surface area contributed by atoms with Gasteiger partial charge in [-0.1, -0.05) is 19.1 Å². The Hall–Kier alpha value is -2.24. The molecule has 6 nitrogen and oxygen atoms in total. The highest BCUT2D eigenvalue weighted by Gasteiger charge is 2.27. The summed E-state index contributed by atoms with van der Waals surface area (Å²) in [5.41, 5.74) is 1.24. The van der Waals surface area contributed by atoms with E-state index in [1.807, 2.05) is 19.1 Å². The minimum Gasteiger partial charge on any atom is -0.494 e. The van der Waals surface area contributed by atoms with Crippen molar-refractivity contribution < 1.29 is 14.3 Å². The van der Waals surface area contributed by atoms with E-state index in [4.69, 9.17) is 9.47 Å². The molecule has 1 saturated heterocycles. The van der Waals surface area contributed by atoms with Crippen LogP contribution in [0.1, 0.15) is 38.7 Å². The largest absolute Gasteiger partial charge is 0.494 e. The van der Waals surface area contributed by atoms with Crippen LogP contribution in [0, 0.1) is 5.92 Å². The summed E-state index contributed by atoms with van der Waals surface area (Å²) in [5.74, 6) is 1.78. The van der Waals surface area contributed by atoms with Crippen LogP contribution in [-0.2, 0) is 16.0 Å². The van der Waals surface area contributed by atoms with Crippen LogP contribution in [0.4, 0.5) is 0 Å². The zero-order valence-corrected chi connectivity index (χ0v) is 16.9. The number of carbonyl (C=O) groups excluding carboxylic acids is 1. The molecular formula is C21H33N3O3. The van der Waals surface area contributed by atoms with Gasteiger partial charge in [0.15, 0.2) is 5.96 Å². The van der Waals surface area contributed by atoms with E-state index >= 15 is 0 Å². The van der Waals surface area contributed by atoms with Crippen molar-refractivity contribution in [3.8, 4) is 5.75 Å². The maximum absolute atomic E-state index is 11.9. The van der Waals surface area contributed by atoms with Gasteiger partial charge in [0.05, 0.1) is 19.1 Å². The topological polar surface area (TPSA) is 63.2 Å². The maximum atomic E-state index is 11.9. The number of aliphatic imine (C=N–C) groups is 1. The number of esters is 1. The van der Waals surface area contributed by atoms with E-state index in [1.165, 1.54) is 5.56 Å². The number of piperidine rings is 1. The van der Waals surface area contributed by atoms with Gasteiger partial charge in [0.1, 0.15) is 5.75 Å². The van der Waals surface area contributed by atoms with Crippen LogP contribution in [0.3, 0.4) is 0 Å². The average molecular weight is 376 g/mol. The normalized spacial score (nSPS) is 15.5. The zero-order chi connectivity index (χ0) is 19.5. The summed E-state index contributed by atoms with van der Waals surface area (Å²) in [6.07, 6.45) is 3.54. The molecule has 27 heavy (non-hydrogen) atoms. The summed E-state index contributed by atoms with van der Waals surface area (Å²) >= 11 is 0. The predicted octanol–water partition coefficient (Wildman–Crippen LogP) is 2.87. The summed E-state index contributed by atoms with van der Waals surface area (Å²) in [7, 11) is 1.80. The molecule has 2 rings (SSSR count). The fourth-order valence-electron chi connectivity index (χ4n) is 3.25. The van der Waals surface area contributed by atoms with Gasteiger partial charge in [-0.05, 0) is 50.3 Å². The van der Waals surface area contributed by atoms with E-state index in [0.717, 1.165) is 63.6 Å². The number of likely N-dealkylation sites (tertiary alicyclic amines) is 1. The molecule has 1 aromatic carbocycles. The van der Waals surface area contributed by atoms with Crippen molar-refractivity contribution in [1.82, 2.24) is 10.2 Å². The molecule has 0 atom stereocenters. The number of hydrogen-bond acceptors (Lipinski definition) is 4. The molecule has 1 aliphatic rings. The van der Waals surface area contributed by atoms with E-state index in [1.54, 1.807) is 7.05 Å². The number of benzene rings is 1. The third-order valence-corrected chi connectivity index (χ3v) is 4.69. The molecule has 1 N–H and O–H groups in total. The molecule has 0 amide bonds. The van der Waals surface area contributed by atoms with Gasteiger partial charge in [0, 0.05) is 26.7 Å². The van der Waals surface area contributed by atoms with Gasteiger partial charge >= 0.3 is 5.97 Å². The molecule has 0 aromatic heterocycles. The van der Waals surface area contributed by atoms with Crippen LogP contribution in [-0.4, -0.2) is 56.7 Å². The van der Waals surface area contributed by atoms with E-state index in [9.17, 15) is 4.79 Å². The highest BCUT2D eigenvalue weighted by atomic mass is 16.5. The summed E-state index contributed by atoms with van der Waals surface area (Å²) in [4.78, 5) is 18.5. The smallest absolute Gasteiger partial charge is 0.309 e. The number of hydrogen-bond donors (Lipinski definition) is 1. The van der Waals surface area contributed by atoms with Crippen LogP contribution >= 0.6 is 0 Å². The first-order valence-corrected chi connectivity index (χ1v) is 10.0. The number of guanidine groups is 1. The minimum absolute atomic E-state index is 0.0187. The Bertz CT molecular complexity index is 610. The van der Waals surface area contributed by atoms with Crippen molar-refractivity contribution in [2.75, 3.05) is 39.9 Å². The maximum Gasteiger partial charge on any atom is 0.309 e. The van der Waals surface area contributed by atoms with Gasteiger partial charge < -0.3 is 19.7 Å². The van der Waals surface area contributed by atoms with E-state index in [-0.39, 0.29) is 11.9 Å². The first kappa shape index (κ1) is 21.1. The molecular weight excluding hydrogens is 342 g/mol. The summed E-state index contributed by atoms with van der Waals surface area (Å²) in [6.45, 7) is 7.61. The molecule has 1 aliphatic heterocycles. The molecule has 1 heterocycles. The highest BCUT2D eigenvalue weighted by molar-refractivity contribution is 5.80. The van der Waals surface area contributed by atoms with Gasteiger partial charge in [-0.15, -0.1) is 0 Å². The quantitative estimate of drug-likeness (QED) is 0.430. The van der Waals surface area contributed by atoms with Gasteiger partial charge in [0.2, 0.25) is 0 Å². The Labute approximate surface area is 162 Å². The van der Waals surface area contributed by atoms with Crippen molar-refractivity contribution in [3.05, 3.63) is 29.8 Å². The number of nitrogens with zero attached hydrogens (tertiary/aromatic N) is 2. The van der Waals surface area contributed by atoms with Crippen LogP contribution < -0.4 is 10.1 Å². The molecule has 0 aliphatic carbocycles. The third-order valence-electron chi connectivity index (χ3n) is 4.69. The molecule has 150 valence electrons. The predicted molar refractivity (Wildman–Crippen MR) is 108 cm³/mol.